The van der Waals surface area contributed by atoms with Gasteiger partial charge in [-0.15, -0.1) is 0 Å². The predicted octanol–water partition coefficient (Wildman–Crippen LogP) is 3.79. The van der Waals surface area contributed by atoms with Crippen molar-refractivity contribution in [1.82, 2.24) is 0 Å². The minimum absolute atomic E-state index is 0.269. The van der Waals surface area contributed by atoms with Gasteiger partial charge in [-0.2, -0.15) is 0 Å². The average Bonchev–Trinajstić information content (AvgIpc) is 2.73. The van der Waals surface area contributed by atoms with E-state index in [0.717, 1.165) is 36.9 Å². The summed E-state index contributed by atoms with van der Waals surface area (Å²) in [5.74, 6) is 0.630. The molecule has 1 aliphatic carbocycles. The van der Waals surface area contributed by atoms with E-state index in [9.17, 15) is 4.79 Å². The fraction of sp³-hybridized carbons (Fsp3) is 0.438. The van der Waals surface area contributed by atoms with E-state index in [1.165, 1.54) is 0 Å². The Bertz CT molecular complexity index is 436. The number of anilines is 1. The number of nitrogens with zero attached hydrogens (tertiary/aromatic N) is 1. The number of hydrogen-bond acceptors (Lipinski definition) is 2. The molecule has 2 heteroatoms. The van der Waals surface area contributed by atoms with Gasteiger partial charge in [0.15, 0.2) is 5.78 Å². The molecule has 0 heterocycles. The number of rotatable bonds is 4. The first kappa shape index (κ1) is 12.9. The molecule has 0 N–H and O–H groups in total. The second-order valence-corrected chi connectivity index (χ2v) is 4.99. The Morgan fingerprint density at radius 1 is 1.33 bits per heavy atom. The van der Waals surface area contributed by atoms with Crippen LogP contribution in [0, 0.1) is 5.92 Å². The van der Waals surface area contributed by atoms with Crippen LogP contribution in [-0.4, -0.2) is 12.8 Å². The highest BCUT2D eigenvalue weighted by molar-refractivity contribution is 5.99. The van der Waals surface area contributed by atoms with E-state index in [-0.39, 0.29) is 5.92 Å². The van der Waals surface area contributed by atoms with Crippen LogP contribution in [-0.2, 0) is 4.79 Å². The van der Waals surface area contributed by atoms with Crippen LogP contribution in [0.1, 0.15) is 32.6 Å². The zero-order chi connectivity index (χ0) is 13.0. The molecular weight excluding hydrogens is 222 g/mol. The van der Waals surface area contributed by atoms with Crippen LogP contribution in [0.2, 0.25) is 0 Å². The maximum Gasteiger partial charge on any atom is 0.163 e. The van der Waals surface area contributed by atoms with Crippen LogP contribution in [0.4, 0.5) is 5.69 Å². The summed E-state index contributed by atoms with van der Waals surface area (Å²) in [6.45, 7) is 2.14. The Balaban J connectivity index is 2.08. The number of allylic oxidation sites excluding steroid dienone is 1. The lowest BCUT2D eigenvalue weighted by Gasteiger charge is -2.15. The van der Waals surface area contributed by atoms with Crippen LogP contribution < -0.4 is 4.90 Å². The third kappa shape index (κ3) is 2.81. The number of carbonyl (C=O) groups excluding carboxylic acids is 1. The number of para-hydroxylation sites is 1. The highest BCUT2D eigenvalue weighted by atomic mass is 16.1. The van der Waals surface area contributed by atoms with Crippen molar-refractivity contribution >= 4 is 11.5 Å². The van der Waals surface area contributed by atoms with Gasteiger partial charge in [0.2, 0.25) is 0 Å². The number of benzene rings is 1. The first-order chi connectivity index (χ1) is 8.72. The third-order valence-electron chi connectivity index (χ3n) is 3.60. The second kappa shape index (κ2) is 5.85. The van der Waals surface area contributed by atoms with Crippen molar-refractivity contribution in [1.29, 1.82) is 0 Å². The number of carbonyl (C=O) groups is 1. The molecule has 0 bridgehead atoms. The molecule has 1 aliphatic rings. The minimum Gasteiger partial charge on any atom is -0.351 e. The molecule has 1 fully saturated rings. The monoisotopic (exact) mass is 243 g/mol. The smallest absolute Gasteiger partial charge is 0.163 e. The zero-order valence-electron chi connectivity index (χ0n) is 11.2. The number of ketones is 1. The summed E-state index contributed by atoms with van der Waals surface area (Å²) in [7, 11) is 2.00. The van der Waals surface area contributed by atoms with Crippen LogP contribution in [0.25, 0.3) is 0 Å². The summed E-state index contributed by atoms with van der Waals surface area (Å²) in [5.41, 5.74) is 2.11. The van der Waals surface area contributed by atoms with E-state index < -0.39 is 0 Å². The van der Waals surface area contributed by atoms with Crippen molar-refractivity contribution in [2.24, 2.45) is 5.92 Å². The quantitative estimate of drug-likeness (QED) is 0.750. The summed E-state index contributed by atoms with van der Waals surface area (Å²) in [5, 5.41) is 0. The molecule has 18 heavy (non-hydrogen) atoms. The van der Waals surface area contributed by atoms with Gasteiger partial charge in [0.25, 0.3) is 0 Å². The largest absolute Gasteiger partial charge is 0.351 e. The molecule has 1 saturated carbocycles. The summed E-state index contributed by atoms with van der Waals surface area (Å²) in [6, 6.07) is 10.1. The normalized spacial score (nSPS) is 21.6. The first-order valence-corrected chi connectivity index (χ1v) is 6.75. The number of hydrogen-bond donors (Lipinski definition) is 0. The lowest BCUT2D eigenvalue weighted by atomic mass is 10.0. The summed E-state index contributed by atoms with van der Waals surface area (Å²) in [6.07, 6.45) is 6.10. The molecule has 96 valence electrons. The van der Waals surface area contributed by atoms with Gasteiger partial charge in [-0.05, 0) is 31.4 Å². The average molecular weight is 243 g/mol. The topological polar surface area (TPSA) is 20.3 Å². The second-order valence-electron chi connectivity index (χ2n) is 4.99. The molecule has 2 rings (SSSR count). The summed E-state index contributed by atoms with van der Waals surface area (Å²) < 4.78 is 0. The van der Waals surface area contributed by atoms with E-state index in [0.29, 0.717) is 5.78 Å². The molecule has 0 saturated heterocycles. The van der Waals surface area contributed by atoms with Crippen molar-refractivity contribution in [3.8, 4) is 0 Å². The summed E-state index contributed by atoms with van der Waals surface area (Å²) >= 11 is 0. The maximum atomic E-state index is 12.2. The first-order valence-electron chi connectivity index (χ1n) is 6.75. The minimum atomic E-state index is 0.269. The molecular formula is C16H21NO. The molecule has 2 nitrogen and oxygen atoms in total. The van der Waals surface area contributed by atoms with Gasteiger partial charge in [-0.25, -0.2) is 0 Å². The molecule has 1 atom stereocenters. The van der Waals surface area contributed by atoms with E-state index >= 15 is 0 Å². The van der Waals surface area contributed by atoms with Gasteiger partial charge >= 0.3 is 0 Å². The predicted molar refractivity (Wildman–Crippen MR) is 75.6 cm³/mol. The Morgan fingerprint density at radius 2 is 2.06 bits per heavy atom. The Hall–Kier alpha value is -1.57. The molecule has 1 aromatic carbocycles. The van der Waals surface area contributed by atoms with Crippen molar-refractivity contribution in [3.05, 3.63) is 42.1 Å². The van der Waals surface area contributed by atoms with E-state index in [1.807, 2.05) is 36.3 Å². The molecule has 0 spiro atoms. The lowest BCUT2D eigenvalue weighted by Crippen LogP contribution is -2.13. The molecule has 1 aromatic rings. The van der Waals surface area contributed by atoms with Gasteiger partial charge in [-0.1, -0.05) is 31.5 Å². The Kier molecular flexibility index (Phi) is 4.19. The van der Waals surface area contributed by atoms with Gasteiger partial charge < -0.3 is 4.90 Å². The SMILES string of the molecule is CCCC1CC/C(=C\N(C)c2ccccc2)C1=O. The van der Waals surface area contributed by atoms with Crippen LogP contribution in [0.15, 0.2) is 42.1 Å². The molecule has 1 unspecified atom stereocenters. The van der Waals surface area contributed by atoms with Crippen LogP contribution in [0.5, 0.6) is 0 Å². The van der Waals surface area contributed by atoms with E-state index in [2.05, 4.69) is 19.1 Å². The highest BCUT2D eigenvalue weighted by Gasteiger charge is 2.28. The summed E-state index contributed by atoms with van der Waals surface area (Å²) in [4.78, 5) is 14.2. The maximum absolute atomic E-state index is 12.2. The molecule has 0 aromatic heterocycles. The fourth-order valence-electron chi connectivity index (χ4n) is 2.57. The molecule has 0 amide bonds. The Morgan fingerprint density at radius 3 is 2.72 bits per heavy atom. The Labute approximate surface area is 109 Å². The van der Waals surface area contributed by atoms with E-state index in [4.69, 9.17) is 0 Å². The van der Waals surface area contributed by atoms with Gasteiger partial charge in [-0.3, -0.25) is 4.79 Å². The van der Waals surface area contributed by atoms with Crippen molar-refractivity contribution in [2.75, 3.05) is 11.9 Å². The van der Waals surface area contributed by atoms with Crippen LogP contribution >= 0.6 is 0 Å². The van der Waals surface area contributed by atoms with Gasteiger partial charge in [0.1, 0.15) is 0 Å². The zero-order valence-corrected chi connectivity index (χ0v) is 11.2. The van der Waals surface area contributed by atoms with Crippen molar-refractivity contribution in [2.45, 2.75) is 32.6 Å². The highest BCUT2D eigenvalue weighted by Crippen LogP contribution is 2.30. The number of Topliss-reactive ketones (excluding diaryl/α,β-unsaturated/α-hetero) is 1. The van der Waals surface area contributed by atoms with E-state index in [1.54, 1.807) is 0 Å². The van der Waals surface area contributed by atoms with Gasteiger partial charge in [0, 0.05) is 30.4 Å². The van der Waals surface area contributed by atoms with Crippen LogP contribution in [0.3, 0.4) is 0 Å². The van der Waals surface area contributed by atoms with Gasteiger partial charge in [0.05, 0.1) is 0 Å². The lowest BCUT2D eigenvalue weighted by molar-refractivity contribution is -0.118. The molecule has 0 radical (unpaired) electrons. The molecule has 0 aliphatic heterocycles. The fourth-order valence-corrected chi connectivity index (χ4v) is 2.57. The van der Waals surface area contributed by atoms with Crippen molar-refractivity contribution in [3.63, 3.8) is 0 Å². The van der Waals surface area contributed by atoms with Crippen molar-refractivity contribution < 1.29 is 4.79 Å². The third-order valence-corrected chi connectivity index (χ3v) is 3.60. The standard InChI is InChI=1S/C16H21NO/c1-3-7-13-10-11-14(16(13)18)12-17(2)15-8-5-4-6-9-15/h4-6,8-9,12-13H,3,7,10-11H2,1-2H3/b14-12+.